The summed E-state index contributed by atoms with van der Waals surface area (Å²) < 4.78 is 24.9. The summed E-state index contributed by atoms with van der Waals surface area (Å²) in [7, 11) is -3.46. The largest absolute Gasteiger partial charge is 0.313 e. The van der Waals surface area contributed by atoms with Crippen LogP contribution in [-0.2, 0) is 14.6 Å². The zero-order valence-corrected chi connectivity index (χ0v) is 16.1. The van der Waals surface area contributed by atoms with Gasteiger partial charge in [0.25, 0.3) is 0 Å². The SMILES string of the molecule is CCN(C(=O)CCS(=O)(=O)c1ccc(C)cc1)c1cc(C)cc(C)c1. The topological polar surface area (TPSA) is 54.5 Å². The molecule has 2 rings (SSSR count). The van der Waals surface area contributed by atoms with Crippen LogP contribution in [0, 0.1) is 20.8 Å². The van der Waals surface area contributed by atoms with Crippen LogP contribution in [0.4, 0.5) is 5.69 Å². The van der Waals surface area contributed by atoms with E-state index in [0.29, 0.717) is 6.54 Å². The van der Waals surface area contributed by atoms with Gasteiger partial charge in [0, 0.05) is 18.7 Å². The van der Waals surface area contributed by atoms with E-state index in [1.807, 2.05) is 45.9 Å². The normalized spacial score (nSPS) is 11.4. The van der Waals surface area contributed by atoms with Crippen LogP contribution < -0.4 is 4.90 Å². The van der Waals surface area contributed by atoms with Gasteiger partial charge < -0.3 is 4.90 Å². The molecule has 0 saturated carbocycles. The number of rotatable bonds is 6. The number of anilines is 1. The van der Waals surface area contributed by atoms with E-state index < -0.39 is 9.84 Å². The Balaban J connectivity index is 2.13. The van der Waals surface area contributed by atoms with Crippen molar-refractivity contribution >= 4 is 21.4 Å². The van der Waals surface area contributed by atoms with Crippen LogP contribution in [0.15, 0.2) is 47.4 Å². The molecule has 25 heavy (non-hydrogen) atoms. The number of sulfone groups is 1. The summed E-state index contributed by atoms with van der Waals surface area (Å²) in [5.74, 6) is -0.362. The molecule has 134 valence electrons. The van der Waals surface area contributed by atoms with Gasteiger partial charge in [0.1, 0.15) is 0 Å². The summed E-state index contributed by atoms with van der Waals surface area (Å²) in [6, 6.07) is 12.7. The lowest BCUT2D eigenvalue weighted by atomic mass is 10.1. The molecule has 1 amide bonds. The molecule has 2 aromatic carbocycles. The Morgan fingerprint density at radius 2 is 1.48 bits per heavy atom. The Morgan fingerprint density at radius 3 is 2.00 bits per heavy atom. The van der Waals surface area contributed by atoms with Crippen LogP contribution in [-0.4, -0.2) is 26.6 Å². The van der Waals surface area contributed by atoms with Crippen LogP contribution in [0.2, 0.25) is 0 Å². The molecule has 0 aliphatic heterocycles. The Bertz CT molecular complexity index is 835. The molecule has 5 heteroatoms. The Kier molecular flexibility index (Phi) is 6.01. The number of amides is 1. The molecule has 0 bridgehead atoms. The number of aryl methyl sites for hydroxylation is 3. The molecule has 0 unspecified atom stereocenters. The number of nitrogens with zero attached hydrogens (tertiary/aromatic N) is 1. The highest BCUT2D eigenvalue weighted by Gasteiger charge is 2.20. The summed E-state index contributed by atoms with van der Waals surface area (Å²) >= 11 is 0. The molecule has 0 atom stereocenters. The summed E-state index contributed by atoms with van der Waals surface area (Å²) in [6.45, 7) is 8.27. The molecule has 4 nitrogen and oxygen atoms in total. The van der Waals surface area contributed by atoms with Crippen LogP contribution in [0.1, 0.15) is 30.0 Å². The van der Waals surface area contributed by atoms with Crippen molar-refractivity contribution < 1.29 is 13.2 Å². The van der Waals surface area contributed by atoms with E-state index in [2.05, 4.69) is 0 Å². The van der Waals surface area contributed by atoms with E-state index in [4.69, 9.17) is 0 Å². The van der Waals surface area contributed by atoms with Gasteiger partial charge in [-0.3, -0.25) is 4.79 Å². The zero-order valence-electron chi connectivity index (χ0n) is 15.2. The maximum absolute atomic E-state index is 12.6. The summed E-state index contributed by atoms with van der Waals surface area (Å²) in [4.78, 5) is 14.5. The van der Waals surface area contributed by atoms with Gasteiger partial charge >= 0.3 is 0 Å². The molecule has 0 heterocycles. The van der Waals surface area contributed by atoms with Crippen molar-refractivity contribution in [2.75, 3.05) is 17.2 Å². The summed E-state index contributed by atoms with van der Waals surface area (Å²) in [6.07, 6.45) is -0.0307. The molecule has 0 N–H and O–H groups in total. The second-order valence-electron chi connectivity index (χ2n) is 6.37. The lowest BCUT2D eigenvalue weighted by Crippen LogP contribution is -2.32. The standard InChI is InChI=1S/C20H25NO3S/c1-5-21(18-13-16(3)12-17(4)14-18)20(22)10-11-25(23,24)19-8-6-15(2)7-9-19/h6-9,12-14H,5,10-11H2,1-4H3. The average molecular weight is 359 g/mol. The lowest BCUT2D eigenvalue weighted by molar-refractivity contribution is -0.118. The number of carbonyl (C=O) groups excluding carboxylic acids is 1. The number of benzene rings is 2. The van der Waals surface area contributed by atoms with Gasteiger partial charge in [-0.15, -0.1) is 0 Å². The predicted molar refractivity (Wildman–Crippen MR) is 102 cm³/mol. The summed E-state index contributed by atoms with van der Waals surface area (Å²) in [5.41, 5.74) is 3.97. The van der Waals surface area contributed by atoms with Gasteiger partial charge in [-0.05, 0) is 63.1 Å². The van der Waals surface area contributed by atoms with Gasteiger partial charge in [-0.25, -0.2) is 8.42 Å². The van der Waals surface area contributed by atoms with Crippen molar-refractivity contribution in [1.29, 1.82) is 0 Å². The highest BCUT2D eigenvalue weighted by Crippen LogP contribution is 2.20. The molecule has 0 radical (unpaired) electrons. The predicted octanol–water partition coefficient (Wildman–Crippen LogP) is 3.83. The molecule has 0 saturated heterocycles. The first-order valence-electron chi connectivity index (χ1n) is 8.41. The second-order valence-corrected chi connectivity index (χ2v) is 8.47. The van der Waals surface area contributed by atoms with Crippen LogP contribution in [0.3, 0.4) is 0 Å². The first kappa shape index (κ1) is 19.2. The van der Waals surface area contributed by atoms with E-state index in [-0.39, 0.29) is 23.0 Å². The maximum Gasteiger partial charge on any atom is 0.228 e. The fraction of sp³-hybridized carbons (Fsp3) is 0.350. The molecular formula is C20H25NO3S. The molecule has 0 aromatic heterocycles. The minimum Gasteiger partial charge on any atom is -0.313 e. The van der Waals surface area contributed by atoms with Crippen LogP contribution in [0.25, 0.3) is 0 Å². The molecule has 2 aromatic rings. The maximum atomic E-state index is 12.6. The van der Waals surface area contributed by atoms with Crippen LogP contribution in [0.5, 0.6) is 0 Å². The fourth-order valence-electron chi connectivity index (χ4n) is 2.83. The Hall–Kier alpha value is -2.14. The number of hydrogen-bond donors (Lipinski definition) is 0. The second kappa shape index (κ2) is 7.83. The van der Waals surface area contributed by atoms with Gasteiger partial charge in [0.05, 0.1) is 10.6 Å². The number of carbonyl (C=O) groups is 1. The van der Waals surface area contributed by atoms with E-state index in [0.717, 1.165) is 22.4 Å². The van der Waals surface area contributed by atoms with E-state index >= 15 is 0 Å². The van der Waals surface area contributed by atoms with Gasteiger partial charge in [-0.2, -0.15) is 0 Å². The average Bonchev–Trinajstić information content (AvgIpc) is 2.53. The van der Waals surface area contributed by atoms with E-state index in [1.165, 1.54) is 0 Å². The molecule has 0 spiro atoms. The highest BCUT2D eigenvalue weighted by atomic mass is 32.2. The first-order valence-corrected chi connectivity index (χ1v) is 10.1. The van der Waals surface area contributed by atoms with Crippen molar-refractivity contribution in [1.82, 2.24) is 0 Å². The quantitative estimate of drug-likeness (QED) is 0.788. The highest BCUT2D eigenvalue weighted by molar-refractivity contribution is 7.91. The number of hydrogen-bond acceptors (Lipinski definition) is 3. The lowest BCUT2D eigenvalue weighted by Gasteiger charge is -2.22. The van der Waals surface area contributed by atoms with Crippen LogP contribution >= 0.6 is 0 Å². The molecular weight excluding hydrogens is 334 g/mol. The van der Waals surface area contributed by atoms with E-state index in [1.54, 1.807) is 29.2 Å². The third-order valence-electron chi connectivity index (χ3n) is 4.10. The van der Waals surface area contributed by atoms with Gasteiger partial charge in [-0.1, -0.05) is 23.8 Å². The zero-order chi connectivity index (χ0) is 18.6. The molecule has 0 aliphatic carbocycles. The Labute approximate surface area is 150 Å². The minimum atomic E-state index is -3.46. The van der Waals surface area contributed by atoms with Gasteiger partial charge in [0.2, 0.25) is 5.91 Å². The van der Waals surface area contributed by atoms with Crippen molar-refractivity contribution in [3.05, 3.63) is 59.2 Å². The monoisotopic (exact) mass is 359 g/mol. The first-order chi connectivity index (χ1) is 11.7. The third kappa shape index (κ3) is 4.92. The van der Waals surface area contributed by atoms with Crippen molar-refractivity contribution in [3.63, 3.8) is 0 Å². The van der Waals surface area contributed by atoms with Crippen molar-refractivity contribution in [2.45, 2.75) is 39.0 Å². The van der Waals surface area contributed by atoms with Crippen molar-refractivity contribution in [2.24, 2.45) is 0 Å². The van der Waals surface area contributed by atoms with Gasteiger partial charge in [0.15, 0.2) is 9.84 Å². The van der Waals surface area contributed by atoms with E-state index in [9.17, 15) is 13.2 Å². The molecule has 0 fully saturated rings. The minimum absolute atomic E-state index is 0.0307. The smallest absolute Gasteiger partial charge is 0.228 e. The van der Waals surface area contributed by atoms with Crippen molar-refractivity contribution in [3.8, 4) is 0 Å². The molecule has 0 aliphatic rings. The fourth-order valence-corrected chi connectivity index (χ4v) is 4.06. The third-order valence-corrected chi connectivity index (χ3v) is 5.83. The Morgan fingerprint density at radius 1 is 0.920 bits per heavy atom. The summed E-state index contributed by atoms with van der Waals surface area (Å²) in [5, 5.41) is 0.